The van der Waals surface area contributed by atoms with Crippen molar-refractivity contribution >= 4 is 5.78 Å². The number of rotatable bonds is 6. The summed E-state index contributed by atoms with van der Waals surface area (Å²) < 4.78 is 5.79. The molecule has 0 saturated carbocycles. The molecule has 0 fully saturated rings. The van der Waals surface area contributed by atoms with Crippen molar-refractivity contribution in [3.05, 3.63) is 58.7 Å². The van der Waals surface area contributed by atoms with Gasteiger partial charge in [-0.05, 0) is 29.7 Å². The van der Waals surface area contributed by atoms with Crippen molar-refractivity contribution in [2.24, 2.45) is 0 Å². The Kier molecular flexibility index (Phi) is 5.09. The van der Waals surface area contributed by atoms with Gasteiger partial charge in [0.1, 0.15) is 11.5 Å². The fourth-order valence-electron chi connectivity index (χ4n) is 3.84. The number of phenols is 2. The van der Waals surface area contributed by atoms with Crippen LogP contribution in [0.2, 0.25) is 0 Å². The summed E-state index contributed by atoms with van der Waals surface area (Å²) in [4.78, 5) is 12.9. The van der Waals surface area contributed by atoms with Crippen LogP contribution in [0, 0.1) is 0 Å². The highest BCUT2D eigenvalue weighted by Crippen LogP contribution is 2.45. The molecule has 0 radical (unpaired) electrons. The van der Waals surface area contributed by atoms with Crippen molar-refractivity contribution in [3.8, 4) is 11.5 Å². The van der Waals surface area contributed by atoms with Crippen LogP contribution < -0.4 is 0 Å². The van der Waals surface area contributed by atoms with Gasteiger partial charge >= 0.3 is 0 Å². The molecular weight excluding hydrogens is 316 g/mol. The zero-order valence-electron chi connectivity index (χ0n) is 14.7. The molecule has 25 heavy (non-hydrogen) atoms. The Morgan fingerprint density at radius 3 is 2.04 bits per heavy atom. The molecule has 0 amide bonds. The van der Waals surface area contributed by atoms with Gasteiger partial charge in [0.2, 0.25) is 5.78 Å². The van der Waals surface area contributed by atoms with E-state index in [1.54, 1.807) is 19.2 Å². The third kappa shape index (κ3) is 3.02. The number of benzene rings is 2. The SMILES string of the molecule is CCCCCC(OC)C1c2cccc(O)c2C(=O)c2c(O)cccc21. The largest absolute Gasteiger partial charge is 0.507 e. The first kappa shape index (κ1) is 17.5. The number of hydrogen-bond donors (Lipinski definition) is 2. The Morgan fingerprint density at radius 1 is 1.00 bits per heavy atom. The molecule has 1 aliphatic rings. The van der Waals surface area contributed by atoms with E-state index in [1.165, 1.54) is 12.1 Å². The van der Waals surface area contributed by atoms with Gasteiger partial charge in [0.25, 0.3) is 0 Å². The normalized spacial score (nSPS) is 14.9. The Bertz CT molecular complexity index is 726. The molecular formula is C21H24O4. The molecule has 4 heteroatoms. The van der Waals surface area contributed by atoms with Crippen LogP contribution in [0.25, 0.3) is 0 Å². The average molecular weight is 340 g/mol. The Labute approximate surface area is 148 Å². The average Bonchev–Trinajstić information content (AvgIpc) is 2.60. The molecule has 0 aromatic heterocycles. The summed E-state index contributed by atoms with van der Waals surface area (Å²) in [5, 5.41) is 20.6. The summed E-state index contributed by atoms with van der Waals surface area (Å²) in [6.07, 6.45) is 4.00. The number of phenolic OH excluding ortho intramolecular Hbond substituents is 2. The van der Waals surface area contributed by atoms with Crippen molar-refractivity contribution in [1.82, 2.24) is 0 Å². The van der Waals surface area contributed by atoms with E-state index in [1.807, 2.05) is 12.1 Å². The quantitative estimate of drug-likeness (QED) is 0.766. The van der Waals surface area contributed by atoms with Gasteiger partial charge in [-0.1, -0.05) is 50.5 Å². The molecule has 0 spiro atoms. The number of carbonyl (C=O) groups is 1. The predicted octanol–water partition coefficient (Wildman–Crippen LogP) is 4.37. The van der Waals surface area contributed by atoms with E-state index >= 15 is 0 Å². The highest BCUT2D eigenvalue weighted by Gasteiger charge is 2.38. The number of unbranched alkanes of at least 4 members (excludes halogenated alkanes) is 2. The Morgan fingerprint density at radius 2 is 1.56 bits per heavy atom. The maximum atomic E-state index is 12.9. The van der Waals surface area contributed by atoms with Gasteiger partial charge in [-0.25, -0.2) is 0 Å². The molecule has 4 nitrogen and oxygen atoms in total. The summed E-state index contributed by atoms with van der Waals surface area (Å²) in [7, 11) is 1.68. The van der Waals surface area contributed by atoms with Crippen molar-refractivity contribution in [1.29, 1.82) is 0 Å². The summed E-state index contributed by atoms with van der Waals surface area (Å²) in [6, 6.07) is 10.3. The lowest BCUT2D eigenvalue weighted by atomic mass is 9.73. The van der Waals surface area contributed by atoms with Crippen LogP contribution in [-0.2, 0) is 4.74 Å². The molecule has 3 rings (SSSR count). The van der Waals surface area contributed by atoms with Crippen LogP contribution in [0.15, 0.2) is 36.4 Å². The second-order valence-corrected chi connectivity index (χ2v) is 6.56. The van der Waals surface area contributed by atoms with E-state index in [0.29, 0.717) is 0 Å². The number of fused-ring (bicyclic) bond motifs is 2. The third-order valence-corrected chi connectivity index (χ3v) is 5.04. The molecule has 132 valence electrons. The van der Waals surface area contributed by atoms with E-state index in [-0.39, 0.29) is 40.4 Å². The fourth-order valence-corrected chi connectivity index (χ4v) is 3.84. The molecule has 2 N–H and O–H groups in total. The summed E-state index contributed by atoms with van der Waals surface area (Å²) in [6.45, 7) is 2.15. The minimum atomic E-state index is -0.333. The van der Waals surface area contributed by atoms with Gasteiger partial charge < -0.3 is 14.9 Å². The lowest BCUT2D eigenvalue weighted by Crippen LogP contribution is -2.29. The Balaban J connectivity index is 2.15. The summed E-state index contributed by atoms with van der Waals surface area (Å²) in [5.41, 5.74) is 2.09. The highest BCUT2D eigenvalue weighted by atomic mass is 16.5. The lowest BCUT2D eigenvalue weighted by molar-refractivity contribution is 0.0771. The number of carbonyl (C=O) groups excluding carboxylic acids is 1. The van der Waals surface area contributed by atoms with Gasteiger partial charge in [-0.15, -0.1) is 0 Å². The van der Waals surface area contributed by atoms with Gasteiger partial charge in [-0.3, -0.25) is 4.79 Å². The fraction of sp³-hybridized carbons (Fsp3) is 0.381. The van der Waals surface area contributed by atoms with E-state index in [2.05, 4.69) is 6.92 Å². The molecule has 1 unspecified atom stereocenters. The number of ketones is 1. The topological polar surface area (TPSA) is 66.8 Å². The maximum absolute atomic E-state index is 12.9. The van der Waals surface area contributed by atoms with Crippen LogP contribution in [0.5, 0.6) is 11.5 Å². The van der Waals surface area contributed by atoms with Gasteiger partial charge in [0.15, 0.2) is 0 Å². The highest BCUT2D eigenvalue weighted by molar-refractivity contribution is 6.15. The zero-order valence-corrected chi connectivity index (χ0v) is 14.7. The van der Waals surface area contributed by atoms with Crippen molar-refractivity contribution < 1.29 is 19.7 Å². The molecule has 0 bridgehead atoms. The predicted molar refractivity (Wildman–Crippen MR) is 96.4 cm³/mol. The first-order valence-electron chi connectivity index (χ1n) is 8.81. The minimum Gasteiger partial charge on any atom is -0.507 e. The summed E-state index contributed by atoms with van der Waals surface area (Å²) in [5.74, 6) is -0.626. The van der Waals surface area contributed by atoms with Crippen molar-refractivity contribution in [2.75, 3.05) is 7.11 Å². The van der Waals surface area contributed by atoms with Crippen LogP contribution in [-0.4, -0.2) is 29.2 Å². The first-order chi connectivity index (χ1) is 12.1. The zero-order chi connectivity index (χ0) is 18.0. The number of aromatic hydroxyl groups is 2. The van der Waals surface area contributed by atoms with E-state index in [0.717, 1.165) is 36.8 Å². The molecule has 0 heterocycles. The molecule has 0 saturated heterocycles. The van der Waals surface area contributed by atoms with E-state index in [9.17, 15) is 15.0 Å². The van der Waals surface area contributed by atoms with Crippen LogP contribution in [0.4, 0.5) is 0 Å². The molecule has 0 aliphatic heterocycles. The first-order valence-corrected chi connectivity index (χ1v) is 8.81. The second-order valence-electron chi connectivity index (χ2n) is 6.56. The number of hydrogen-bond acceptors (Lipinski definition) is 4. The van der Waals surface area contributed by atoms with Crippen LogP contribution in [0.1, 0.15) is 65.6 Å². The maximum Gasteiger partial charge on any atom is 0.201 e. The minimum absolute atomic E-state index is 0.0511. The van der Waals surface area contributed by atoms with E-state index < -0.39 is 0 Å². The van der Waals surface area contributed by atoms with E-state index in [4.69, 9.17) is 4.74 Å². The van der Waals surface area contributed by atoms with Gasteiger partial charge in [-0.2, -0.15) is 0 Å². The lowest BCUT2D eigenvalue weighted by Gasteiger charge is -2.33. The third-order valence-electron chi connectivity index (χ3n) is 5.04. The van der Waals surface area contributed by atoms with Crippen LogP contribution >= 0.6 is 0 Å². The summed E-state index contributed by atoms with van der Waals surface area (Å²) >= 11 is 0. The van der Waals surface area contributed by atoms with Crippen LogP contribution in [0.3, 0.4) is 0 Å². The molecule has 2 aromatic rings. The number of ether oxygens (including phenoxy) is 1. The van der Waals surface area contributed by atoms with Gasteiger partial charge in [0.05, 0.1) is 17.2 Å². The molecule has 1 aliphatic carbocycles. The monoisotopic (exact) mass is 340 g/mol. The van der Waals surface area contributed by atoms with Crippen molar-refractivity contribution in [3.63, 3.8) is 0 Å². The second kappa shape index (κ2) is 7.28. The molecule has 2 aromatic carbocycles. The van der Waals surface area contributed by atoms with Gasteiger partial charge in [0, 0.05) is 13.0 Å². The molecule has 1 atom stereocenters. The van der Waals surface area contributed by atoms with Crippen molar-refractivity contribution in [2.45, 2.75) is 44.6 Å². The smallest absolute Gasteiger partial charge is 0.201 e. The standard InChI is InChI=1S/C21H24O4/c1-3-4-5-12-17(25-2)18-13-8-6-10-15(22)19(13)21(24)20-14(18)9-7-11-16(20)23/h6-11,17-18,22-23H,3-5,12H2,1-2H3. The number of methoxy groups -OCH3 is 1. The Hall–Kier alpha value is -2.33.